The van der Waals surface area contributed by atoms with Crippen molar-refractivity contribution in [2.45, 2.75) is 9.79 Å². The largest absolute Gasteiger partial charge is 0.298 e. The van der Waals surface area contributed by atoms with E-state index in [0.717, 1.165) is 11.1 Å². The summed E-state index contributed by atoms with van der Waals surface area (Å²) in [4.78, 5) is 11.2. The lowest BCUT2D eigenvalue weighted by Crippen LogP contribution is -2.05. The Kier molecular flexibility index (Phi) is 5.09. The van der Waals surface area contributed by atoms with E-state index < -0.39 is 9.84 Å². The van der Waals surface area contributed by atoms with Gasteiger partial charge in [-0.3, -0.25) is 4.79 Å². The molecule has 0 N–H and O–H groups in total. The summed E-state index contributed by atoms with van der Waals surface area (Å²) in [5.41, 5.74) is 1.77. The summed E-state index contributed by atoms with van der Waals surface area (Å²) in [5, 5.41) is 0. The normalized spacial score (nSPS) is 11.6. The van der Waals surface area contributed by atoms with Gasteiger partial charge in [-0.15, -0.1) is 0 Å². The molecular formula is C21H15FO3S. The van der Waals surface area contributed by atoms with Crippen LogP contribution in [0.3, 0.4) is 0 Å². The summed E-state index contributed by atoms with van der Waals surface area (Å²) in [6.45, 7) is 0. The van der Waals surface area contributed by atoms with E-state index in [0.29, 0.717) is 6.29 Å². The van der Waals surface area contributed by atoms with E-state index in [9.17, 15) is 17.6 Å². The molecule has 0 aliphatic heterocycles. The van der Waals surface area contributed by atoms with E-state index >= 15 is 0 Å². The second kappa shape index (κ2) is 7.45. The average Bonchev–Trinajstić information content (AvgIpc) is 2.68. The molecule has 3 nitrogen and oxygen atoms in total. The number of sulfone groups is 1. The minimum atomic E-state index is -3.77. The van der Waals surface area contributed by atoms with Gasteiger partial charge in [-0.05, 0) is 41.5 Å². The first-order chi connectivity index (χ1) is 12.5. The maximum Gasteiger partial charge on any atom is 0.207 e. The topological polar surface area (TPSA) is 51.2 Å². The van der Waals surface area contributed by atoms with Crippen molar-refractivity contribution in [2.24, 2.45) is 0 Å². The third kappa shape index (κ3) is 3.78. The van der Waals surface area contributed by atoms with Crippen LogP contribution >= 0.6 is 0 Å². The predicted octanol–water partition coefficient (Wildman–Crippen LogP) is 4.64. The fourth-order valence-electron chi connectivity index (χ4n) is 2.47. The van der Waals surface area contributed by atoms with Gasteiger partial charge in [-0.2, -0.15) is 0 Å². The van der Waals surface area contributed by atoms with Crippen LogP contribution in [-0.2, 0) is 9.84 Å². The fourth-order valence-corrected chi connectivity index (χ4v) is 3.91. The molecule has 3 aromatic carbocycles. The van der Waals surface area contributed by atoms with Crippen molar-refractivity contribution >= 4 is 28.3 Å². The Bertz CT molecular complexity index is 1050. The van der Waals surface area contributed by atoms with Gasteiger partial charge in [0.25, 0.3) is 0 Å². The lowest BCUT2D eigenvalue weighted by molar-refractivity contribution is 0.112. The zero-order chi connectivity index (χ0) is 18.6. The molecule has 0 amide bonds. The number of hydrogen-bond donors (Lipinski definition) is 0. The zero-order valence-electron chi connectivity index (χ0n) is 13.7. The first kappa shape index (κ1) is 17.8. The monoisotopic (exact) mass is 366 g/mol. The Morgan fingerprint density at radius 3 is 1.85 bits per heavy atom. The summed E-state index contributed by atoms with van der Waals surface area (Å²) >= 11 is 0. The lowest BCUT2D eigenvalue weighted by atomic mass is 10.1. The Labute approximate surface area is 151 Å². The summed E-state index contributed by atoms with van der Waals surface area (Å²) in [6.07, 6.45) is 4.15. The molecule has 0 unspecified atom stereocenters. The van der Waals surface area contributed by atoms with Gasteiger partial charge in [0, 0.05) is 5.56 Å². The molecule has 0 spiro atoms. The highest BCUT2D eigenvalue weighted by Gasteiger charge is 2.20. The van der Waals surface area contributed by atoms with Gasteiger partial charge in [-0.25, -0.2) is 12.8 Å². The molecule has 0 aromatic heterocycles. The summed E-state index contributed by atoms with van der Waals surface area (Å²) in [5.74, 6) is -0.299. The van der Waals surface area contributed by atoms with Crippen molar-refractivity contribution in [3.05, 3.63) is 95.3 Å². The number of rotatable bonds is 5. The molecule has 3 rings (SSSR count). The highest BCUT2D eigenvalue weighted by Crippen LogP contribution is 2.24. The molecule has 0 saturated carbocycles. The molecule has 0 radical (unpaired) electrons. The van der Waals surface area contributed by atoms with Crippen LogP contribution in [0.1, 0.15) is 21.5 Å². The van der Waals surface area contributed by atoms with Gasteiger partial charge >= 0.3 is 0 Å². The molecule has 5 heteroatoms. The molecule has 0 saturated heterocycles. The van der Waals surface area contributed by atoms with Crippen LogP contribution in [0.15, 0.2) is 82.6 Å². The maximum absolute atomic E-state index is 12.9. The molecule has 0 atom stereocenters. The second-order valence-corrected chi connectivity index (χ2v) is 7.53. The standard InChI is InChI=1S/C21H15FO3S/c22-19-11-7-16(8-12-19)5-6-17-9-13-20(14-10-17)26(24,25)21-4-2-1-3-18(21)15-23/h1-15H/b6-5+. The highest BCUT2D eigenvalue weighted by atomic mass is 32.2. The quantitative estimate of drug-likeness (QED) is 0.488. The summed E-state index contributed by atoms with van der Waals surface area (Å²) in [6, 6.07) is 18.5. The minimum absolute atomic E-state index is 0.00963. The minimum Gasteiger partial charge on any atom is -0.298 e. The lowest BCUT2D eigenvalue weighted by Gasteiger charge is -2.07. The Morgan fingerprint density at radius 1 is 0.731 bits per heavy atom. The first-order valence-corrected chi connectivity index (χ1v) is 9.32. The number of hydrogen-bond acceptors (Lipinski definition) is 3. The van der Waals surface area contributed by atoms with Crippen LogP contribution in [0.25, 0.3) is 12.2 Å². The van der Waals surface area contributed by atoms with E-state index in [1.54, 1.807) is 36.4 Å². The molecule has 0 aliphatic rings. The molecule has 0 aliphatic carbocycles. The molecule has 0 fully saturated rings. The van der Waals surface area contributed by atoms with Crippen LogP contribution < -0.4 is 0 Å². The average molecular weight is 366 g/mol. The van der Waals surface area contributed by atoms with Gasteiger partial charge in [0.05, 0.1) is 9.79 Å². The molecule has 3 aromatic rings. The van der Waals surface area contributed by atoms with Gasteiger partial charge < -0.3 is 0 Å². The molecular weight excluding hydrogens is 351 g/mol. The molecule has 26 heavy (non-hydrogen) atoms. The second-order valence-electron chi connectivity index (χ2n) is 5.61. The van der Waals surface area contributed by atoms with Crippen LogP contribution in [0, 0.1) is 5.82 Å². The van der Waals surface area contributed by atoms with Gasteiger partial charge in [0.15, 0.2) is 6.29 Å². The van der Waals surface area contributed by atoms with Gasteiger partial charge in [0.2, 0.25) is 9.84 Å². The van der Waals surface area contributed by atoms with Crippen molar-refractivity contribution in [2.75, 3.05) is 0 Å². The van der Waals surface area contributed by atoms with Crippen molar-refractivity contribution < 1.29 is 17.6 Å². The van der Waals surface area contributed by atoms with Gasteiger partial charge in [-0.1, -0.05) is 54.6 Å². The summed E-state index contributed by atoms with van der Waals surface area (Å²) in [7, 11) is -3.77. The molecule has 0 bridgehead atoms. The van der Waals surface area contributed by atoms with Crippen LogP contribution in [0.2, 0.25) is 0 Å². The van der Waals surface area contributed by atoms with E-state index in [-0.39, 0.29) is 21.2 Å². The predicted molar refractivity (Wildman–Crippen MR) is 99.1 cm³/mol. The number of carbonyl (C=O) groups excluding carboxylic acids is 1. The zero-order valence-corrected chi connectivity index (χ0v) is 14.5. The first-order valence-electron chi connectivity index (χ1n) is 7.84. The van der Waals surface area contributed by atoms with Gasteiger partial charge in [0.1, 0.15) is 5.82 Å². The van der Waals surface area contributed by atoms with Crippen molar-refractivity contribution in [3.63, 3.8) is 0 Å². The number of halogens is 1. The van der Waals surface area contributed by atoms with Crippen LogP contribution in [0.5, 0.6) is 0 Å². The molecule has 130 valence electrons. The number of benzene rings is 3. The van der Waals surface area contributed by atoms with Crippen molar-refractivity contribution in [1.82, 2.24) is 0 Å². The van der Waals surface area contributed by atoms with E-state index in [1.165, 1.54) is 36.4 Å². The SMILES string of the molecule is O=Cc1ccccc1S(=O)(=O)c1ccc(/C=C/c2ccc(F)cc2)cc1. The van der Waals surface area contributed by atoms with E-state index in [2.05, 4.69) is 0 Å². The third-order valence-corrected chi connectivity index (χ3v) is 5.71. The smallest absolute Gasteiger partial charge is 0.207 e. The Morgan fingerprint density at radius 2 is 1.27 bits per heavy atom. The maximum atomic E-state index is 12.9. The Hall–Kier alpha value is -3.05. The number of carbonyl (C=O) groups is 1. The Balaban J connectivity index is 1.87. The van der Waals surface area contributed by atoms with E-state index in [4.69, 9.17) is 0 Å². The van der Waals surface area contributed by atoms with E-state index in [1.807, 2.05) is 12.2 Å². The van der Waals surface area contributed by atoms with Crippen LogP contribution in [-0.4, -0.2) is 14.7 Å². The van der Waals surface area contributed by atoms with Crippen LogP contribution in [0.4, 0.5) is 4.39 Å². The molecule has 0 heterocycles. The van der Waals surface area contributed by atoms with Crippen molar-refractivity contribution in [1.29, 1.82) is 0 Å². The number of aldehydes is 1. The highest BCUT2D eigenvalue weighted by molar-refractivity contribution is 7.91. The summed E-state index contributed by atoms with van der Waals surface area (Å²) < 4.78 is 38.3. The van der Waals surface area contributed by atoms with Crippen molar-refractivity contribution in [3.8, 4) is 0 Å². The third-order valence-electron chi connectivity index (χ3n) is 3.86. The fraction of sp³-hybridized carbons (Fsp3) is 0.